The van der Waals surface area contributed by atoms with Crippen molar-refractivity contribution in [3.63, 3.8) is 0 Å². The van der Waals surface area contributed by atoms with Crippen LogP contribution in [0.3, 0.4) is 0 Å². The van der Waals surface area contributed by atoms with Gasteiger partial charge in [-0.1, -0.05) is 30.3 Å². The van der Waals surface area contributed by atoms with E-state index >= 15 is 0 Å². The fourth-order valence-electron chi connectivity index (χ4n) is 2.52. The average molecular weight is 355 g/mol. The summed E-state index contributed by atoms with van der Waals surface area (Å²) in [4.78, 5) is 23.9. The van der Waals surface area contributed by atoms with E-state index in [1.165, 1.54) is 0 Å². The van der Waals surface area contributed by atoms with Crippen LogP contribution in [0.15, 0.2) is 42.5 Å². The summed E-state index contributed by atoms with van der Waals surface area (Å²) in [5, 5.41) is 2.77. The van der Waals surface area contributed by atoms with E-state index in [0.29, 0.717) is 13.0 Å². The predicted octanol–water partition coefficient (Wildman–Crippen LogP) is 3.82. The fraction of sp³-hybridized carbons (Fsp3) is 0.333. The van der Waals surface area contributed by atoms with Gasteiger partial charge in [-0.15, -0.1) is 0 Å². The lowest BCUT2D eigenvalue weighted by Crippen LogP contribution is -2.21. The monoisotopic (exact) mass is 355 g/mol. The molecule has 2 aromatic rings. The number of amides is 1. The first-order chi connectivity index (χ1) is 12.5. The van der Waals surface area contributed by atoms with Gasteiger partial charge in [-0.05, 0) is 56.0 Å². The van der Waals surface area contributed by atoms with E-state index in [0.717, 1.165) is 28.1 Å². The minimum absolute atomic E-state index is 0.195. The van der Waals surface area contributed by atoms with Crippen LogP contribution in [0, 0.1) is 13.8 Å². The summed E-state index contributed by atoms with van der Waals surface area (Å²) in [6, 6.07) is 13.4. The number of hydrogen-bond acceptors (Lipinski definition) is 4. The van der Waals surface area contributed by atoms with Gasteiger partial charge in [0.15, 0.2) is 6.61 Å². The highest BCUT2D eigenvalue weighted by atomic mass is 16.5. The van der Waals surface area contributed by atoms with E-state index < -0.39 is 5.97 Å². The molecular formula is C21H25NO4. The van der Waals surface area contributed by atoms with E-state index in [4.69, 9.17) is 9.47 Å². The molecule has 2 aromatic carbocycles. The van der Waals surface area contributed by atoms with Crippen LogP contribution < -0.4 is 10.1 Å². The van der Waals surface area contributed by atoms with Crippen LogP contribution in [0.5, 0.6) is 5.75 Å². The number of aryl methyl sites for hydroxylation is 3. The van der Waals surface area contributed by atoms with Crippen LogP contribution in [0.25, 0.3) is 0 Å². The van der Waals surface area contributed by atoms with Gasteiger partial charge >= 0.3 is 5.97 Å². The summed E-state index contributed by atoms with van der Waals surface area (Å²) >= 11 is 0. The molecule has 0 spiro atoms. The zero-order valence-electron chi connectivity index (χ0n) is 15.5. The number of esters is 1. The summed E-state index contributed by atoms with van der Waals surface area (Å²) in [6.07, 6.45) is 0.703. The third kappa shape index (κ3) is 5.92. The Morgan fingerprint density at radius 2 is 1.85 bits per heavy atom. The minimum Gasteiger partial charge on any atom is -0.494 e. The molecule has 0 saturated heterocycles. The first-order valence-electron chi connectivity index (χ1n) is 8.73. The molecular weight excluding hydrogens is 330 g/mol. The molecule has 0 bridgehead atoms. The molecule has 138 valence electrons. The zero-order chi connectivity index (χ0) is 18.9. The maximum Gasteiger partial charge on any atom is 0.306 e. The summed E-state index contributed by atoms with van der Waals surface area (Å²) in [5.74, 6) is 0.0182. The highest BCUT2D eigenvalue weighted by Gasteiger charge is 2.11. The lowest BCUT2D eigenvalue weighted by Gasteiger charge is -2.11. The van der Waals surface area contributed by atoms with Crippen LogP contribution in [0.1, 0.15) is 30.0 Å². The van der Waals surface area contributed by atoms with Crippen molar-refractivity contribution in [1.29, 1.82) is 0 Å². The molecule has 0 unspecified atom stereocenters. The van der Waals surface area contributed by atoms with Crippen molar-refractivity contribution >= 4 is 17.6 Å². The Balaban J connectivity index is 1.80. The number of rotatable bonds is 8. The Kier molecular flexibility index (Phi) is 7.21. The zero-order valence-corrected chi connectivity index (χ0v) is 15.5. The van der Waals surface area contributed by atoms with E-state index in [2.05, 4.69) is 5.32 Å². The first kappa shape index (κ1) is 19.5. The lowest BCUT2D eigenvalue weighted by atomic mass is 10.1. The number of benzene rings is 2. The van der Waals surface area contributed by atoms with E-state index in [9.17, 15) is 9.59 Å². The molecule has 0 radical (unpaired) electrons. The van der Waals surface area contributed by atoms with Gasteiger partial charge in [-0.2, -0.15) is 0 Å². The second-order valence-electron chi connectivity index (χ2n) is 6.07. The Morgan fingerprint density at radius 3 is 2.62 bits per heavy atom. The van der Waals surface area contributed by atoms with Gasteiger partial charge in [0.1, 0.15) is 5.75 Å². The molecule has 0 atom stereocenters. The highest BCUT2D eigenvalue weighted by molar-refractivity contribution is 5.93. The van der Waals surface area contributed by atoms with Gasteiger partial charge in [0, 0.05) is 12.1 Å². The van der Waals surface area contributed by atoms with Gasteiger partial charge in [0.05, 0.1) is 6.61 Å². The molecule has 0 fully saturated rings. The second kappa shape index (κ2) is 9.61. The van der Waals surface area contributed by atoms with Crippen molar-refractivity contribution in [3.8, 4) is 5.75 Å². The molecule has 26 heavy (non-hydrogen) atoms. The van der Waals surface area contributed by atoms with E-state index in [-0.39, 0.29) is 18.9 Å². The molecule has 0 aromatic heterocycles. The molecule has 1 N–H and O–H groups in total. The van der Waals surface area contributed by atoms with Crippen LogP contribution in [0.2, 0.25) is 0 Å². The van der Waals surface area contributed by atoms with Crippen LogP contribution >= 0.6 is 0 Å². The van der Waals surface area contributed by atoms with E-state index in [1.807, 2.05) is 63.2 Å². The minimum atomic E-state index is -0.410. The number of carbonyl (C=O) groups is 2. The van der Waals surface area contributed by atoms with Gasteiger partial charge in [-0.25, -0.2) is 0 Å². The summed E-state index contributed by atoms with van der Waals surface area (Å²) in [6.45, 7) is 6.06. The predicted molar refractivity (Wildman–Crippen MR) is 101 cm³/mol. The van der Waals surface area contributed by atoms with Crippen LogP contribution in [0.4, 0.5) is 5.69 Å². The number of nitrogens with one attached hydrogen (secondary N) is 1. The summed E-state index contributed by atoms with van der Waals surface area (Å²) in [7, 11) is 0. The van der Waals surface area contributed by atoms with Crippen molar-refractivity contribution in [1.82, 2.24) is 0 Å². The highest BCUT2D eigenvalue weighted by Crippen LogP contribution is 2.20. The standard InChI is InChI=1S/C21H25NO4/c1-4-25-19-8-6-5-7-17(19)11-12-21(24)26-14-20(23)22-18-13-15(2)9-10-16(18)3/h5-10,13H,4,11-12,14H2,1-3H3,(H,22,23). The van der Waals surface area contributed by atoms with Gasteiger partial charge < -0.3 is 14.8 Å². The van der Waals surface area contributed by atoms with Crippen molar-refractivity contribution in [3.05, 3.63) is 59.2 Å². The number of anilines is 1. The van der Waals surface area contributed by atoms with Gasteiger partial charge in [0.2, 0.25) is 0 Å². The SMILES string of the molecule is CCOc1ccccc1CCC(=O)OCC(=O)Nc1cc(C)ccc1C. The Morgan fingerprint density at radius 1 is 1.08 bits per heavy atom. The first-order valence-corrected chi connectivity index (χ1v) is 8.73. The number of para-hydroxylation sites is 1. The number of carbonyl (C=O) groups excluding carboxylic acids is 2. The fourth-order valence-corrected chi connectivity index (χ4v) is 2.52. The van der Waals surface area contributed by atoms with Crippen LogP contribution in [-0.4, -0.2) is 25.1 Å². The molecule has 2 rings (SSSR count). The molecule has 0 aliphatic rings. The average Bonchev–Trinajstić information content (AvgIpc) is 2.62. The van der Waals surface area contributed by atoms with E-state index in [1.54, 1.807) is 0 Å². The maximum absolute atomic E-state index is 12.0. The molecule has 5 heteroatoms. The van der Waals surface area contributed by atoms with Crippen molar-refractivity contribution in [2.75, 3.05) is 18.5 Å². The third-order valence-corrected chi connectivity index (χ3v) is 3.90. The largest absolute Gasteiger partial charge is 0.494 e. The third-order valence-electron chi connectivity index (χ3n) is 3.90. The normalized spacial score (nSPS) is 10.3. The van der Waals surface area contributed by atoms with Gasteiger partial charge in [-0.3, -0.25) is 9.59 Å². The molecule has 0 aliphatic heterocycles. The van der Waals surface area contributed by atoms with Crippen molar-refractivity contribution < 1.29 is 19.1 Å². The Bertz CT molecular complexity index is 770. The number of ether oxygens (including phenoxy) is 2. The quantitative estimate of drug-likeness (QED) is 0.731. The smallest absolute Gasteiger partial charge is 0.306 e. The lowest BCUT2D eigenvalue weighted by molar-refractivity contribution is -0.147. The second-order valence-corrected chi connectivity index (χ2v) is 6.07. The molecule has 5 nitrogen and oxygen atoms in total. The van der Waals surface area contributed by atoms with Crippen molar-refractivity contribution in [2.45, 2.75) is 33.6 Å². The topological polar surface area (TPSA) is 64.6 Å². The molecule has 0 saturated carbocycles. The summed E-state index contributed by atoms with van der Waals surface area (Å²) in [5.41, 5.74) is 3.70. The summed E-state index contributed by atoms with van der Waals surface area (Å²) < 4.78 is 10.6. The molecule has 0 aliphatic carbocycles. The van der Waals surface area contributed by atoms with Gasteiger partial charge in [0.25, 0.3) is 5.91 Å². The molecule has 1 amide bonds. The Hall–Kier alpha value is -2.82. The Labute approximate surface area is 154 Å². The van der Waals surface area contributed by atoms with Crippen LogP contribution in [-0.2, 0) is 20.7 Å². The molecule has 0 heterocycles. The maximum atomic E-state index is 12.0. The van der Waals surface area contributed by atoms with Crippen molar-refractivity contribution in [2.24, 2.45) is 0 Å². The number of hydrogen-bond donors (Lipinski definition) is 1.